The average molecular weight is 327 g/mol. The van der Waals surface area contributed by atoms with E-state index in [1.807, 2.05) is 36.5 Å². The molecule has 0 unspecified atom stereocenters. The number of rotatable bonds is 7. The standard InChI is InChI=1S/C16H24ClN3O2/c1-11(2)7-8-18-16(22)20-15(21)10-19-12(3)13-5-4-6-14(17)9-13/h4-6,9,11-12,19H,7-8,10H2,1-3H3,(H2,18,20,21,22)/p+1/t12-/m0/s1. The molecule has 1 atom stereocenters. The van der Waals surface area contributed by atoms with Crippen molar-refractivity contribution in [2.75, 3.05) is 13.1 Å². The third-order valence-corrected chi connectivity index (χ3v) is 3.53. The van der Waals surface area contributed by atoms with Gasteiger partial charge >= 0.3 is 6.03 Å². The second kappa shape index (κ2) is 9.43. The van der Waals surface area contributed by atoms with Crippen molar-refractivity contribution in [3.8, 4) is 0 Å². The van der Waals surface area contributed by atoms with E-state index in [1.54, 1.807) is 0 Å². The molecule has 0 saturated carbocycles. The highest BCUT2D eigenvalue weighted by Gasteiger charge is 2.13. The number of amides is 3. The van der Waals surface area contributed by atoms with Crippen LogP contribution >= 0.6 is 11.6 Å². The van der Waals surface area contributed by atoms with Crippen molar-refractivity contribution in [3.63, 3.8) is 0 Å². The first-order valence-electron chi connectivity index (χ1n) is 7.55. The van der Waals surface area contributed by atoms with Crippen LogP contribution in [0.15, 0.2) is 24.3 Å². The summed E-state index contributed by atoms with van der Waals surface area (Å²) in [4.78, 5) is 23.2. The number of halogens is 1. The largest absolute Gasteiger partial charge is 0.338 e. The van der Waals surface area contributed by atoms with Crippen LogP contribution in [0.5, 0.6) is 0 Å². The summed E-state index contributed by atoms with van der Waals surface area (Å²) < 4.78 is 0. The molecule has 5 nitrogen and oxygen atoms in total. The van der Waals surface area contributed by atoms with E-state index in [9.17, 15) is 9.59 Å². The Balaban J connectivity index is 2.29. The molecule has 1 aromatic carbocycles. The monoisotopic (exact) mass is 326 g/mol. The van der Waals surface area contributed by atoms with Gasteiger partial charge in [0.25, 0.3) is 5.91 Å². The summed E-state index contributed by atoms with van der Waals surface area (Å²) in [5, 5.41) is 7.53. The maximum atomic E-state index is 11.7. The van der Waals surface area contributed by atoms with Crippen LogP contribution in [0.3, 0.4) is 0 Å². The van der Waals surface area contributed by atoms with Gasteiger partial charge in [0, 0.05) is 17.1 Å². The molecule has 0 aliphatic rings. The van der Waals surface area contributed by atoms with Crippen molar-refractivity contribution >= 4 is 23.5 Å². The van der Waals surface area contributed by atoms with Gasteiger partial charge in [-0.3, -0.25) is 10.1 Å². The van der Waals surface area contributed by atoms with Crippen molar-refractivity contribution in [2.45, 2.75) is 33.2 Å². The van der Waals surface area contributed by atoms with E-state index in [4.69, 9.17) is 11.6 Å². The van der Waals surface area contributed by atoms with Gasteiger partial charge in [-0.25, -0.2) is 4.79 Å². The van der Waals surface area contributed by atoms with Gasteiger partial charge in [0.2, 0.25) is 0 Å². The number of quaternary nitrogens is 1. The highest BCUT2D eigenvalue weighted by atomic mass is 35.5. The number of hydrogen-bond acceptors (Lipinski definition) is 2. The normalized spacial score (nSPS) is 12.0. The summed E-state index contributed by atoms with van der Waals surface area (Å²) >= 11 is 5.95. The van der Waals surface area contributed by atoms with E-state index in [0.29, 0.717) is 17.5 Å². The van der Waals surface area contributed by atoms with Gasteiger partial charge in [0.1, 0.15) is 6.04 Å². The minimum atomic E-state index is -0.436. The number of carbonyl (C=O) groups is 2. The summed E-state index contributed by atoms with van der Waals surface area (Å²) in [7, 11) is 0. The third kappa shape index (κ3) is 7.43. The lowest BCUT2D eigenvalue weighted by Gasteiger charge is -2.11. The molecule has 6 heteroatoms. The second-order valence-electron chi connectivity index (χ2n) is 5.77. The van der Waals surface area contributed by atoms with E-state index >= 15 is 0 Å². The zero-order valence-corrected chi connectivity index (χ0v) is 14.1. The predicted octanol–water partition coefficient (Wildman–Crippen LogP) is 1.84. The zero-order chi connectivity index (χ0) is 16.5. The molecule has 22 heavy (non-hydrogen) atoms. The Bertz CT molecular complexity index is 506. The summed E-state index contributed by atoms with van der Waals surface area (Å²) in [6.07, 6.45) is 0.888. The number of nitrogens with two attached hydrogens (primary N) is 1. The summed E-state index contributed by atoms with van der Waals surface area (Å²) in [5.41, 5.74) is 1.04. The predicted molar refractivity (Wildman–Crippen MR) is 87.7 cm³/mol. The Morgan fingerprint density at radius 3 is 2.64 bits per heavy atom. The molecular formula is C16H25ClN3O2+. The third-order valence-electron chi connectivity index (χ3n) is 3.29. The topological polar surface area (TPSA) is 74.8 Å². The summed E-state index contributed by atoms with van der Waals surface area (Å²) in [6, 6.07) is 7.18. The van der Waals surface area contributed by atoms with Gasteiger partial charge < -0.3 is 10.6 Å². The van der Waals surface area contributed by atoms with E-state index in [1.165, 1.54) is 0 Å². The first-order valence-corrected chi connectivity index (χ1v) is 7.92. The van der Waals surface area contributed by atoms with Crippen molar-refractivity contribution in [1.82, 2.24) is 10.6 Å². The number of urea groups is 1. The Morgan fingerprint density at radius 1 is 1.27 bits per heavy atom. The maximum Gasteiger partial charge on any atom is 0.321 e. The minimum Gasteiger partial charge on any atom is -0.338 e. The number of carbonyl (C=O) groups excluding carboxylic acids is 2. The molecular weight excluding hydrogens is 302 g/mol. The molecule has 122 valence electrons. The fourth-order valence-corrected chi connectivity index (χ4v) is 2.10. The highest BCUT2D eigenvalue weighted by molar-refractivity contribution is 6.30. The first kappa shape index (κ1) is 18.5. The smallest absolute Gasteiger partial charge is 0.321 e. The van der Waals surface area contributed by atoms with E-state index in [0.717, 1.165) is 12.0 Å². The molecule has 0 heterocycles. The number of nitrogens with one attached hydrogen (secondary N) is 2. The van der Waals surface area contributed by atoms with Crippen molar-refractivity contribution in [1.29, 1.82) is 0 Å². The van der Waals surface area contributed by atoms with E-state index in [2.05, 4.69) is 24.5 Å². The van der Waals surface area contributed by atoms with Gasteiger partial charge in [-0.1, -0.05) is 37.6 Å². The van der Waals surface area contributed by atoms with Gasteiger partial charge in [-0.05, 0) is 31.4 Å². The molecule has 3 amide bonds. The van der Waals surface area contributed by atoms with Crippen LogP contribution in [-0.2, 0) is 4.79 Å². The highest BCUT2D eigenvalue weighted by Crippen LogP contribution is 2.14. The summed E-state index contributed by atoms with van der Waals surface area (Å²) in [6.45, 7) is 6.90. The maximum absolute atomic E-state index is 11.7. The molecule has 0 spiro atoms. The lowest BCUT2D eigenvalue weighted by molar-refractivity contribution is -0.682. The Kier molecular flexibility index (Phi) is 7.91. The first-order chi connectivity index (χ1) is 10.4. The number of hydrogen-bond donors (Lipinski definition) is 3. The molecule has 0 fully saturated rings. The Labute approximate surface area is 136 Å². The number of imide groups is 1. The lowest BCUT2D eigenvalue weighted by atomic mass is 10.1. The van der Waals surface area contributed by atoms with E-state index in [-0.39, 0.29) is 18.5 Å². The summed E-state index contributed by atoms with van der Waals surface area (Å²) in [5.74, 6) is 0.207. The van der Waals surface area contributed by atoms with Crippen LogP contribution in [0.4, 0.5) is 4.79 Å². The molecule has 0 bridgehead atoms. The van der Waals surface area contributed by atoms with Crippen LogP contribution in [0.25, 0.3) is 0 Å². The zero-order valence-electron chi connectivity index (χ0n) is 13.4. The van der Waals surface area contributed by atoms with Gasteiger partial charge in [0.05, 0.1) is 0 Å². The van der Waals surface area contributed by atoms with Gasteiger partial charge in [-0.15, -0.1) is 0 Å². The number of benzene rings is 1. The molecule has 0 aromatic heterocycles. The molecule has 0 aliphatic heterocycles. The van der Waals surface area contributed by atoms with Crippen molar-refractivity contribution in [3.05, 3.63) is 34.9 Å². The van der Waals surface area contributed by atoms with Gasteiger partial charge in [0.15, 0.2) is 6.54 Å². The molecule has 0 radical (unpaired) electrons. The Morgan fingerprint density at radius 2 is 2.00 bits per heavy atom. The second-order valence-corrected chi connectivity index (χ2v) is 6.21. The van der Waals surface area contributed by atoms with Crippen LogP contribution in [-0.4, -0.2) is 25.0 Å². The molecule has 4 N–H and O–H groups in total. The SMILES string of the molecule is CC(C)CCNC(=O)NC(=O)C[NH2+][C@@H](C)c1cccc(Cl)c1. The lowest BCUT2D eigenvalue weighted by Crippen LogP contribution is -2.87. The van der Waals surface area contributed by atoms with Crippen molar-refractivity contribution in [2.24, 2.45) is 5.92 Å². The minimum absolute atomic E-state index is 0.0912. The quantitative estimate of drug-likeness (QED) is 0.715. The molecule has 0 aliphatic carbocycles. The van der Waals surface area contributed by atoms with Crippen molar-refractivity contribution < 1.29 is 14.9 Å². The fraction of sp³-hybridized carbons (Fsp3) is 0.500. The van der Waals surface area contributed by atoms with E-state index < -0.39 is 6.03 Å². The fourth-order valence-electron chi connectivity index (χ4n) is 1.91. The van der Waals surface area contributed by atoms with Crippen LogP contribution < -0.4 is 16.0 Å². The Hall–Kier alpha value is -1.59. The van der Waals surface area contributed by atoms with Crippen LogP contribution in [0, 0.1) is 5.92 Å². The molecule has 1 rings (SSSR count). The van der Waals surface area contributed by atoms with Gasteiger partial charge in [-0.2, -0.15) is 0 Å². The molecule has 0 saturated heterocycles. The average Bonchev–Trinajstić information content (AvgIpc) is 2.44. The molecule has 1 aromatic rings. The van der Waals surface area contributed by atoms with Crippen LogP contribution in [0.1, 0.15) is 38.8 Å². The van der Waals surface area contributed by atoms with Crippen LogP contribution in [0.2, 0.25) is 5.02 Å².